The predicted molar refractivity (Wildman–Crippen MR) is 86.4 cm³/mol. The van der Waals surface area contributed by atoms with E-state index < -0.39 is 4.92 Å². The van der Waals surface area contributed by atoms with Crippen molar-refractivity contribution >= 4 is 22.7 Å². The van der Waals surface area contributed by atoms with Gasteiger partial charge in [-0.05, 0) is 22.2 Å². The molecule has 0 amide bonds. The number of nitro benzene ring substituents is 1. The summed E-state index contributed by atoms with van der Waals surface area (Å²) < 4.78 is 0. The van der Waals surface area contributed by atoms with Crippen LogP contribution >= 0.6 is 11.3 Å². The van der Waals surface area contributed by atoms with E-state index in [0.29, 0.717) is 18.1 Å². The van der Waals surface area contributed by atoms with E-state index in [0.717, 1.165) is 10.4 Å². The highest BCUT2D eigenvalue weighted by molar-refractivity contribution is 7.12. The number of nitrogens with zero attached hydrogens (tertiary/aromatic N) is 6. The molecule has 0 spiro atoms. The van der Waals surface area contributed by atoms with E-state index in [1.165, 1.54) is 28.3 Å². The molecule has 3 aromatic rings. The molecule has 1 aromatic carbocycles. The number of thiophene rings is 1. The van der Waals surface area contributed by atoms with Crippen molar-refractivity contribution < 1.29 is 10.1 Å². The minimum Gasteiger partial charge on any atom is -0.411 e. The molecular formula is C14H12N6O3S. The molecule has 2 heterocycles. The number of aromatic nitrogens is 4. The quantitative estimate of drug-likeness (QED) is 0.316. The van der Waals surface area contributed by atoms with Gasteiger partial charge in [-0.25, -0.2) is 0 Å². The number of benzene rings is 1. The highest BCUT2D eigenvalue weighted by atomic mass is 32.1. The molecule has 0 unspecified atom stereocenters. The maximum atomic E-state index is 10.6. The van der Waals surface area contributed by atoms with Crippen molar-refractivity contribution in [2.45, 2.75) is 13.0 Å². The monoisotopic (exact) mass is 344 g/mol. The molecule has 122 valence electrons. The van der Waals surface area contributed by atoms with Gasteiger partial charge in [-0.15, -0.1) is 21.5 Å². The Hall–Kier alpha value is -3.14. The average Bonchev–Trinajstić information content (AvgIpc) is 3.25. The van der Waals surface area contributed by atoms with Gasteiger partial charge in [0.1, 0.15) is 5.71 Å². The fourth-order valence-electron chi connectivity index (χ4n) is 2.06. The lowest BCUT2D eigenvalue weighted by atomic mass is 10.2. The smallest absolute Gasteiger partial charge is 0.269 e. The molecule has 0 aliphatic heterocycles. The van der Waals surface area contributed by atoms with Gasteiger partial charge in [0.25, 0.3) is 5.69 Å². The molecule has 0 aliphatic carbocycles. The van der Waals surface area contributed by atoms with Crippen molar-refractivity contribution in [1.29, 1.82) is 0 Å². The zero-order valence-corrected chi connectivity index (χ0v) is 13.1. The number of rotatable bonds is 6. The summed E-state index contributed by atoms with van der Waals surface area (Å²) in [6.07, 6.45) is 0.261. The fraction of sp³-hybridized carbons (Fsp3) is 0.143. The lowest BCUT2D eigenvalue weighted by Crippen LogP contribution is -2.07. The Bertz CT molecular complexity index is 857. The van der Waals surface area contributed by atoms with Gasteiger partial charge in [0, 0.05) is 12.1 Å². The molecule has 9 nitrogen and oxygen atoms in total. The maximum Gasteiger partial charge on any atom is 0.269 e. The van der Waals surface area contributed by atoms with Crippen LogP contribution < -0.4 is 0 Å². The lowest BCUT2D eigenvalue weighted by molar-refractivity contribution is -0.384. The highest BCUT2D eigenvalue weighted by Gasteiger charge is 2.12. The molecule has 0 atom stereocenters. The van der Waals surface area contributed by atoms with Gasteiger partial charge in [-0.2, -0.15) is 4.80 Å². The molecular weight excluding hydrogens is 332 g/mol. The Morgan fingerprint density at radius 3 is 2.75 bits per heavy atom. The van der Waals surface area contributed by atoms with Crippen molar-refractivity contribution in [3.63, 3.8) is 0 Å². The number of tetrazole rings is 1. The zero-order valence-electron chi connectivity index (χ0n) is 12.3. The summed E-state index contributed by atoms with van der Waals surface area (Å²) in [4.78, 5) is 12.4. The summed E-state index contributed by atoms with van der Waals surface area (Å²) in [7, 11) is 0. The van der Waals surface area contributed by atoms with Gasteiger partial charge in [-0.1, -0.05) is 23.4 Å². The van der Waals surface area contributed by atoms with Crippen molar-refractivity contribution in [3.05, 3.63) is 68.2 Å². The SMILES string of the molecule is O=[N+]([O-])c1ccc(Cn2nnc(C/C(=N\O)c3cccs3)n2)cc1. The molecule has 24 heavy (non-hydrogen) atoms. The highest BCUT2D eigenvalue weighted by Crippen LogP contribution is 2.13. The first-order valence-corrected chi connectivity index (χ1v) is 7.78. The largest absolute Gasteiger partial charge is 0.411 e. The second-order valence-electron chi connectivity index (χ2n) is 4.86. The van der Waals surface area contributed by atoms with Crippen LogP contribution in [0.25, 0.3) is 0 Å². The second-order valence-corrected chi connectivity index (χ2v) is 5.81. The van der Waals surface area contributed by atoms with Gasteiger partial charge in [0.05, 0.1) is 22.8 Å². The van der Waals surface area contributed by atoms with Crippen molar-refractivity contribution in [2.24, 2.45) is 5.16 Å². The average molecular weight is 344 g/mol. The van der Waals surface area contributed by atoms with Crippen LogP contribution in [0.4, 0.5) is 5.69 Å². The minimum absolute atomic E-state index is 0.0331. The maximum absolute atomic E-state index is 10.6. The van der Waals surface area contributed by atoms with Crippen LogP contribution in [0, 0.1) is 10.1 Å². The van der Waals surface area contributed by atoms with Gasteiger partial charge in [0.15, 0.2) is 5.82 Å². The van der Waals surface area contributed by atoms with E-state index in [4.69, 9.17) is 5.21 Å². The molecule has 0 aliphatic rings. The standard InChI is InChI=1S/C14H12N6O3S/c21-17-12(13-2-1-7-24-13)8-14-15-18-19(16-14)9-10-3-5-11(6-4-10)20(22)23/h1-7,21H,8-9H2/b17-12+. The third kappa shape index (κ3) is 3.60. The van der Waals surface area contributed by atoms with Gasteiger partial charge < -0.3 is 5.21 Å². The van der Waals surface area contributed by atoms with Gasteiger partial charge in [-0.3, -0.25) is 10.1 Å². The number of nitro groups is 1. The molecule has 0 saturated heterocycles. The molecule has 3 rings (SSSR count). The summed E-state index contributed by atoms with van der Waals surface area (Å²) in [6, 6.07) is 9.87. The number of non-ortho nitro benzene ring substituents is 1. The molecule has 0 radical (unpaired) electrons. The topological polar surface area (TPSA) is 119 Å². The Labute approximate surface area is 140 Å². The van der Waals surface area contributed by atoms with E-state index in [1.807, 2.05) is 17.5 Å². The van der Waals surface area contributed by atoms with E-state index in [-0.39, 0.29) is 12.1 Å². The van der Waals surface area contributed by atoms with Crippen LogP contribution in [-0.4, -0.2) is 36.0 Å². The van der Waals surface area contributed by atoms with Crippen molar-refractivity contribution in [1.82, 2.24) is 20.2 Å². The third-order valence-corrected chi connectivity index (χ3v) is 4.14. The summed E-state index contributed by atoms with van der Waals surface area (Å²) in [5, 5.41) is 37.1. The van der Waals surface area contributed by atoms with Crippen LogP contribution in [0.2, 0.25) is 0 Å². The Morgan fingerprint density at radius 2 is 2.12 bits per heavy atom. The zero-order chi connectivity index (χ0) is 16.9. The van der Waals surface area contributed by atoms with Crippen molar-refractivity contribution in [3.8, 4) is 0 Å². The van der Waals surface area contributed by atoms with Crippen LogP contribution in [0.15, 0.2) is 46.9 Å². The summed E-state index contributed by atoms with van der Waals surface area (Å²) in [5.41, 5.74) is 1.32. The molecule has 2 aromatic heterocycles. The van der Waals surface area contributed by atoms with Crippen LogP contribution in [0.1, 0.15) is 16.3 Å². The molecule has 0 saturated carbocycles. The summed E-state index contributed by atoms with van der Waals surface area (Å²) in [5.74, 6) is 0.429. The minimum atomic E-state index is -0.448. The number of hydrogen-bond acceptors (Lipinski definition) is 8. The van der Waals surface area contributed by atoms with Crippen LogP contribution in [-0.2, 0) is 13.0 Å². The number of oxime groups is 1. The Morgan fingerprint density at radius 1 is 1.33 bits per heavy atom. The van der Waals surface area contributed by atoms with E-state index in [1.54, 1.807) is 12.1 Å². The first-order valence-electron chi connectivity index (χ1n) is 6.90. The first kappa shape index (κ1) is 15.7. The summed E-state index contributed by atoms with van der Waals surface area (Å²) in [6.45, 7) is 0.343. The Kier molecular flexibility index (Phi) is 4.57. The molecule has 0 fully saturated rings. The molecule has 10 heteroatoms. The van der Waals surface area contributed by atoms with Crippen LogP contribution in [0.5, 0.6) is 0 Å². The van der Waals surface area contributed by atoms with E-state index >= 15 is 0 Å². The van der Waals surface area contributed by atoms with E-state index in [9.17, 15) is 10.1 Å². The van der Waals surface area contributed by atoms with E-state index in [2.05, 4.69) is 20.6 Å². The normalized spacial score (nSPS) is 11.6. The van der Waals surface area contributed by atoms with Gasteiger partial charge >= 0.3 is 0 Å². The summed E-state index contributed by atoms with van der Waals surface area (Å²) >= 11 is 1.46. The Balaban J connectivity index is 1.68. The molecule has 0 bridgehead atoms. The van der Waals surface area contributed by atoms with Crippen LogP contribution in [0.3, 0.4) is 0 Å². The van der Waals surface area contributed by atoms with Crippen molar-refractivity contribution in [2.75, 3.05) is 0 Å². The second kappa shape index (κ2) is 6.96. The van der Waals surface area contributed by atoms with Gasteiger partial charge in [0.2, 0.25) is 0 Å². The lowest BCUT2D eigenvalue weighted by Gasteiger charge is -1.99. The fourth-order valence-corrected chi connectivity index (χ4v) is 2.77. The molecule has 1 N–H and O–H groups in total. The number of hydrogen-bond donors (Lipinski definition) is 1. The third-order valence-electron chi connectivity index (χ3n) is 3.22. The predicted octanol–water partition coefficient (Wildman–Crippen LogP) is 2.11. The first-order chi connectivity index (χ1) is 11.7.